The van der Waals surface area contributed by atoms with Crippen molar-refractivity contribution in [2.24, 2.45) is 0 Å². The van der Waals surface area contributed by atoms with Gasteiger partial charge in [-0.1, -0.05) is 17.7 Å². The highest BCUT2D eigenvalue weighted by atomic mass is 16.1. The van der Waals surface area contributed by atoms with Crippen molar-refractivity contribution in [3.8, 4) is 0 Å². The van der Waals surface area contributed by atoms with Crippen LogP contribution in [0.2, 0.25) is 0 Å². The Morgan fingerprint density at radius 1 is 1.26 bits per heavy atom. The van der Waals surface area contributed by atoms with E-state index in [-0.39, 0.29) is 5.91 Å². The van der Waals surface area contributed by atoms with E-state index in [0.717, 1.165) is 31.3 Å². The van der Waals surface area contributed by atoms with E-state index in [4.69, 9.17) is 0 Å². The van der Waals surface area contributed by atoms with Crippen molar-refractivity contribution in [3.63, 3.8) is 0 Å². The second-order valence-corrected chi connectivity index (χ2v) is 6.13. The highest BCUT2D eigenvalue weighted by Crippen LogP contribution is 2.22. The summed E-state index contributed by atoms with van der Waals surface area (Å²) >= 11 is 0. The molecule has 106 valence electrons. The fourth-order valence-electron chi connectivity index (χ4n) is 3.02. The van der Waals surface area contributed by atoms with Gasteiger partial charge in [-0.2, -0.15) is 0 Å². The van der Waals surface area contributed by atoms with Crippen LogP contribution < -0.4 is 5.32 Å². The third-order valence-electron chi connectivity index (χ3n) is 4.33. The molecule has 1 saturated carbocycles. The van der Waals surface area contributed by atoms with Crippen LogP contribution in [0.1, 0.15) is 45.4 Å². The van der Waals surface area contributed by atoms with Crippen LogP contribution in [-0.4, -0.2) is 37.0 Å². The van der Waals surface area contributed by atoms with Crippen LogP contribution >= 0.6 is 0 Å². The third-order valence-corrected chi connectivity index (χ3v) is 4.33. The molecule has 1 N–H and O–H groups in total. The summed E-state index contributed by atoms with van der Waals surface area (Å²) in [7, 11) is 4.29. The Morgan fingerprint density at radius 2 is 1.95 bits per heavy atom. The molecule has 1 fully saturated rings. The summed E-state index contributed by atoms with van der Waals surface area (Å²) in [6, 6.07) is 1.05. The van der Waals surface area contributed by atoms with E-state index in [1.165, 1.54) is 18.4 Å². The number of carbonyl (C=O) groups excluding carboxylic acids is 1. The SMILES string of the molecule is CC1=CC(C(=O)NC2CCC(N(C)C)CC2)=CCC1. The Hall–Kier alpha value is -1.09. The molecule has 2 rings (SSSR count). The van der Waals surface area contributed by atoms with Crippen LogP contribution in [0.4, 0.5) is 0 Å². The number of carbonyl (C=O) groups is 1. The maximum Gasteiger partial charge on any atom is 0.251 e. The molecule has 0 saturated heterocycles. The first-order chi connectivity index (χ1) is 9.06. The molecule has 0 aliphatic heterocycles. The van der Waals surface area contributed by atoms with E-state index in [0.29, 0.717) is 12.1 Å². The summed E-state index contributed by atoms with van der Waals surface area (Å²) in [5.74, 6) is 0.118. The van der Waals surface area contributed by atoms with Gasteiger partial charge in [0.1, 0.15) is 0 Å². The van der Waals surface area contributed by atoms with Gasteiger partial charge in [-0.25, -0.2) is 0 Å². The van der Waals surface area contributed by atoms with Crippen LogP contribution in [0, 0.1) is 0 Å². The zero-order valence-electron chi connectivity index (χ0n) is 12.4. The number of nitrogens with zero attached hydrogens (tertiary/aromatic N) is 1. The summed E-state index contributed by atoms with van der Waals surface area (Å²) in [5, 5.41) is 3.20. The lowest BCUT2D eigenvalue weighted by Crippen LogP contribution is -2.42. The molecule has 19 heavy (non-hydrogen) atoms. The Kier molecular flexibility index (Phi) is 4.81. The highest BCUT2D eigenvalue weighted by Gasteiger charge is 2.24. The Bertz CT molecular complexity index is 388. The predicted molar refractivity (Wildman–Crippen MR) is 78.9 cm³/mol. The zero-order chi connectivity index (χ0) is 13.8. The van der Waals surface area contributed by atoms with Gasteiger partial charge < -0.3 is 10.2 Å². The minimum atomic E-state index is 0.118. The molecule has 2 aliphatic rings. The quantitative estimate of drug-likeness (QED) is 0.848. The monoisotopic (exact) mass is 262 g/mol. The average Bonchev–Trinajstić information content (AvgIpc) is 2.39. The molecular formula is C16H26N2O. The van der Waals surface area contributed by atoms with Crippen LogP contribution in [0.3, 0.4) is 0 Å². The molecular weight excluding hydrogens is 236 g/mol. The van der Waals surface area contributed by atoms with Crippen LogP contribution in [0.25, 0.3) is 0 Å². The lowest BCUT2D eigenvalue weighted by atomic mass is 9.90. The average molecular weight is 262 g/mol. The van der Waals surface area contributed by atoms with E-state index in [2.05, 4.69) is 37.3 Å². The molecule has 0 aromatic heterocycles. The van der Waals surface area contributed by atoms with Gasteiger partial charge in [-0.3, -0.25) is 4.79 Å². The van der Waals surface area contributed by atoms with Crippen molar-refractivity contribution in [1.29, 1.82) is 0 Å². The molecule has 0 bridgehead atoms. The largest absolute Gasteiger partial charge is 0.349 e. The molecule has 0 unspecified atom stereocenters. The number of nitrogens with one attached hydrogen (secondary N) is 1. The van der Waals surface area contributed by atoms with Gasteiger partial charge in [0.25, 0.3) is 5.91 Å². The van der Waals surface area contributed by atoms with Crippen molar-refractivity contribution in [2.75, 3.05) is 14.1 Å². The molecule has 0 heterocycles. The maximum atomic E-state index is 12.2. The zero-order valence-corrected chi connectivity index (χ0v) is 12.4. The molecule has 0 atom stereocenters. The molecule has 0 aromatic carbocycles. The second kappa shape index (κ2) is 6.38. The Balaban J connectivity index is 1.83. The van der Waals surface area contributed by atoms with Crippen LogP contribution in [-0.2, 0) is 4.79 Å². The summed E-state index contributed by atoms with van der Waals surface area (Å²) < 4.78 is 0. The summed E-state index contributed by atoms with van der Waals surface area (Å²) in [4.78, 5) is 14.5. The van der Waals surface area contributed by atoms with E-state index in [1.807, 2.05) is 6.08 Å². The van der Waals surface area contributed by atoms with E-state index >= 15 is 0 Å². The first kappa shape index (κ1) is 14.3. The number of hydrogen-bond donors (Lipinski definition) is 1. The van der Waals surface area contributed by atoms with Crippen molar-refractivity contribution in [3.05, 3.63) is 23.3 Å². The number of amides is 1. The smallest absolute Gasteiger partial charge is 0.251 e. The maximum absolute atomic E-state index is 12.2. The number of hydrogen-bond acceptors (Lipinski definition) is 2. The normalized spacial score (nSPS) is 27.8. The van der Waals surface area contributed by atoms with E-state index < -0.39 is 0 Å². The van der Waals surface area contributed by atoms with Crippen molar-refractivity contribution >= 4 is 5.91 Å². The van der Waals surface area contributed by atoms with E-state index in [1.54, 1.807) is 0 Å². The van der Waals surface area contributed by atoms with Crippen molar-refractivity contribution in [1.82, 2.24) is 10.2 Å². The minimum absolute atomic E-state index is 0.118. The highest BCUT2D eigenvalue weighted by molar-refractivity contribution is 5.96. The van der Waals surface area contributed by atoms with Crippen molar-refractivity contribution < 1.29 is 4.79 Å². The molecule has 3 nitrogen and oxygen atoms in total. The molecule has 3 heteroatoms. The van der Waals surface area contributed by atoms with Gasteiger partial charge in [0.2, 0.25) is 0 Å². The summed E-state index contributed by atoms with van der Waals surface area (Å²) in [5.41, 5.74) is 2.17. The minimum Gasteiger partial charge on any atom is -0.349 e. The number of rotatable bonds is 3. The van der Waals surface area contributed by atoms with Gasteiger partial charge in [-0.05, 0) is 59.5 Å². The topological polar surface area (TPSA) is 32.3 Å². The number of allylic oxidation sites excluding steroid dienone is 2. The fourth-order valence-corrected chi connectivity index (χ4v) is 3.02. The predicted octanol–water partition coefficient (Wildman–Crippen LogP) is 2.64. The molecule has 0 aromatic rings. The van der Waals surface area contributed by atoms with Crippen LogP contribution in [0.15, 0.2) is 23.3 Å². The second-order valence-electron chi connectivity index (χ2n) is 6.13. The van der Waals surface area contributed by atoms with Gasteiger partial charge in [0, 0.05) is 17.7 Å². The summed E-state index contributed by atoms with van der Waals surface area (Å²) in [6.45, 7) is 2.10. The van der Waals surface area contributed by atoms with Crippen LogP contribution in [0.5, 0.6) is 0 Å². The standard InChI is InChI=1S/C16H26N2O/c1-12-5-4-6-13(11-12)16(19)17-14-7-9-15(10-8-14)18(2)3/h6,11,14-15H,4-5,7-10H2,1-3H3,(H,17,19). The lowest BCUT2D eigenvalue weighted by molar-refractivity contribution is -0.118. The molecule has 0 spiro atoms. The van der Waals surface area contributed by atoms with Crippen molar-refractivity contribution in [2.45, 2.75) is 57.5 Å². The molecule has 1 amide bonds. The molecule has 2 aliphatic carbocycles. The Morgan fingerprint density at radius 3 is 2.53 bits per heavy atom. The van der Waals surface area contributed by atoms with Gasteiger partial charge in [0.15, 0.2) is 0 Å². The first-order valence-corrected chi connectivity index (χ1v) is 7.41. The van der Waals surface area contributed by atoms with E-state index in [9.17, 15) is 4.79 Å². The fraction of sp³-hybridized carbons (Fsp3) is 0.688. The van der Waals surface area contributed by atoms with Gasteiger partial charge in [-0.15, -0.1) is 0 Å². The Labute approximate surface area is 116 Å². The van der Waals surface area contributed by atoms with Gasteiger partial charge in [0.05, 0.1) is 0 Å². The first-order valence-electron chi connectivity index (χ1n) is 7.41. The third kappa shape index (κ3) is 3.93. The summed E-state index contributed by atoms with van der Waals surface area (Å²) in [6.07, 6.45) is 10.8. The molecule has 0 radical (unpaired) electrons. The van der Waals surface area contributed by atoms with Gasteiger partial charge >= 0.3 is 0 Å². The lowest BCUT2D eigenvalue weighted by Gasteiger charge is -2.33.